The molecule has 0 saturated carbocycles. The summed E-state index contributed by atoms with van der Waals surface area (Å²) < 4.78 is 2.12. The number of pyridine rings is 1. The van der Waals surface area contributed by atoms with Crippen molar-refractivity contribution in [1.82, 2.24) is 19.8 Å². The molecule has 0 saturated heterocycles. The lowest BCUT2D eigenvalue weighted by atomic mass is 10.1. The number of hydrogen-bond acceptors (Lipinski definition) is 4. The molecule has 1 aromatic carbocycles. The quantitative estimate of drug-likeness (QED) is 0.470. The van der Waals surface area contributed by atoms with Crippen molar-refractivity contribution < 1.29 is 0 Å². The van der Waals surface area contributed by atoms with Gasteiger partial charge in [-0.15, -0.1) is 0 Å². The topological polar surface area (TPSA) is 37.2 Å². The van der Waals surface area contributed by atoms with Gasteiger partial charge in [0.1, 0.15) is 16.7 Å². The highest BCUT2D eigenvalue weighted by Crippen LogP contribution is 2.41. The average Bonchev–Trinajstić information content (AvgIpc) is 3.04. The fraction of sp³-hybridized carbons (Fsp3) is 0.455. The third-order valence-corrected chi connectivity index (χ3v) is 5.93. The van der Waals surface area contributed by atoms with Gasteiger partial charge in [0, 0.05) is 29.4 Å². The van der Waals surface area contributed by atoms with Crippen molar-refractivity contribution in [2.75, 3.05) is 24.6 Å². The molecule has 4 rings (SSSR count). The summed E-state index contributed by atoms with van der Waals surface area (Å²) in [6, 6.07) is 7.95. The Bertz CT molecular complexity index is 1040. The van der Waals surface area contributed by atoms with Crippen LogP contribution in [-0.4, -0.2) is 39.4 Å². The zero-order valence-corrected chi connectivity index (χ0v) is 18.9. The Morgan fingerprint density at radius 3 is 2.52 bits per heavy atom. The minimum atomic E-state index is 0.227. The second-order valence-electron chi connectivity index (χ2n) is 7.78. The number of rotatable bonds is 6. The molecular weight excluding hydrogens is 405 g/mol. The van der Waals surface area contributed by atoms with Crippen LogP contribution in [0.5, 0.6) is 0 Å². The predicted octanol–water partition coefficient (Wildman–Crippen LogP) is 6.13. The van der Waals surface area contributed by atoms with E-state index in [0.29, 0.717) is 10.0 Å². The van der Waals surface area contributed by atoms with Gasteiger partial charge in [0.05, 0.1) is 23.3 Å². The van der Waals surface area contributed by atoms with E-state index in [1.165, 1.54) is 5.69 Å². The molecule has 0 aliphatic carbocycles. The maximum atomic E-state index is 6.53. The molecule has 1 unspecified atom stereocenters. The van der Waals surface area contributed by atoms with E-state index >= 15 is 0 Å². The fourth-order valence-electron chi connectivity index (χ4n) is 4.19. The number of aromatic nitrogens is 3. The van der Waals surface area contributed by atoms with E-state index in [9.17, 15) is 0 Å². The lowest BCUT2D eigenvalue weighted by molar-refractivity contribution is 0.231. The molecule has 7 heteroatoms. The molecular formula is C22H27Cl2N5. The lowest BCUT2D eigenvalue weighted by Gasteiger charge is -2.41. The molecule has 0 spiro atoms. The molecule has 1 atom stereocenters. The van der Waals surface area contributed by atoms with E-state index in [1.54, 1.807) is 6.07 Å². The Morgan fingerprint density at radius 1 is 1.14 bits per heavy atom. The Kier molecular flexibility index (Phi) is 5.74. The highest BCUT2D eigenvalue weighted by molar-refractivity contribution is 6.36. The van der Waals surface area contributed by atoms with Gasteiger partial charge in [0.15, 0.2) is 0 Å². The molecule has 0 bridgehead atoms. The summed E-state index contributed by atoms with van der Waals surface area (Å²) in [7, 11) is 0. The van der Waals surface area contributed by atoms with Crippen molar-refractivity contribution in [2.45, 2.75) is 46.6 Å². The van der Waals surface area contributed by atoms with Crippen LogP contribution in [-0.2, 0) is 0 Å². The first-order valence-corrected chi connectivity index (χ1v) is 11.1. The Labute approximate surface area is 182 Å². The summed E-state index contributed by atoms with van der Waals surface area (Å²) in [6.45, 7) is 11.7. The van der Waals surface area contributed by atoms with Crippen LogP contribution in [0.2, 0.25) is 10.0 Å². The number of benzene rings is 1. The van der Waals surface area contributed by atoms with Gasteiger partial charge in [-0.1, -0.05) is 37.0 Å². The number of hydrazine groups is 1. The van der Waals surface area contributed by atoms with Crippen molar-refractivity contribution in [3.05, 3.63) is 40.0 Å². The van der Waals surface area contributed by atoms with Crippen molar-refractivity contribution in [3.63, 3.8) is 0 Å². The van der Waals surface area contributed by atoms with Gasteiger partial charge in [-0.2, -0.15) is 5.10 Å². The summed E-state index contributed by atoms with van der Waals surface area (Å²) in [5.74, 6) is 0. The van der Waals surface area contributed by atoms with Gasteiger partial charge in [0.25, 0.3) is 0 Å². The van der Waals surface area contributed by atoms with Crippen LogP contribution >= 0.6 is 23.2 Å². The van der Waals surface area contributed by atoms with Crippen LogP contribution in [0.3, 0.4) is 0 Å². The molecule has 5 nitrogen and oxygen atoms in total. The smallest absolute Gasteiger partial charge is 0.120 e. The number of anilines is 1. The van der Waals surface area contributed by atoms with Crippen molar-refractivity contribution in [1.29, 1.82) is 0 Å². The first-order chi connectivity index (χ1) is 13.9. The molecule has 154 valence electrons. The van der Waals surface area contributed by atoms with E-state index in [4.69, 9.17) is 33.3 Å². The first-order valence-electron chi connectivity index (χ1n) is 10.3. The molecule has 29 heavy (non-hydrogen) atoms. The van der Waals surface area contributed by atoms with Gasteiger partial charge in [0.2, 0.25) is 0 Å². The SMILES string of the molecule is CCCN(CCC)N1CC(C)n2nc(-c3ccc(Cl)cc3Cl)c3nc(C)cc1c32. The van der Waals surface area contributed by atoms with E-state index in [-0.39, 0.29) is 6.04 Å². The van der Waals surface area contributed by atoms with Crippen LogP contribution in [0.25, 0.3) is 22.3 Å². The van der Waals surface area contributed by atoms with Crippen LogP contribution < -0.4 is 5.01 Å². The van der Waals surface area contributed by atoms with Gasteiger partial charge in [-0.05, 0) is 51.0 Å². The first kappa shape index (κ1) is 20.5. The van der Waals surface area contributed by atoms with E-state index in [2.05, 4.69) is 41.5 Å². The zero-order valence-electron chi connectivity index (χ0n) is 17.4. The molecule has 0 radical (unpaired) electrons. The van der Waals surface area contributed by atoms with Gasteiger partial charge >= 0.3 is 0 Å². The summed E-state index contributed by atoms with van der Waals surface area (Å²) in [5.41, 5.74) is 5.81. The van der Waals surface area contributed by atoms with Crippen molar-refractivity contribution in [2.24, 2.45) is 0 Å². The minimum Gasteiger partial charge on any atom is -0.301 e. The molecule has 1 aliphatic rings. The Hall–Kier alpha value is -1.82. The van der Waals surface area contributed by atoms with Crippen LogP contribution in [0.15, 0.2) is 24.3 Å². The molecule has 0 N–H and O–H groups in total. The number of nitrogens with zero attached hydrogens (tertiary/aromatic N) is 5. The van der Waals surface area contributed by atoms with Gasteiger partial charge in [-0.25, -0.2) is 9.99 Å². The highest BCUT2D eigenvalue weighted by atomic mass is 35.5. The third kappa shape index (κ3) is 3.60. The summed E-state index contributed by atoms with van der Waals surface area (Å²) in [4.78, 5) is 4.88. The maximum absolute atomic E-state index is 6.53. The monoisotopic (exact) mass is 431 g/mol. The Morgan fingerprint density at radius 2 is 1.86 bits per heavy atom. The van der Waals surface area contributed by atoms with Crippen LogP contribution in [0.1, 0.15) is 45.3 Å². The maximum Gasteiger partial charge on any atom is 0.120 e. The molecule has 0 fully saturated rings. The fourth-order valence-corrected chi connectivity index (χ4v) is 4.69. The van der Waals surface area contributed by atoms with Crippen molar-refractivity contribution >= 4 is 39.9 Å². The molecule has 3 aromatic rings. The average molecular weight is 432 g/mol. The number of halogens is 2. The summed E-state index contributed by atoms with van der Waals surface area (Å²) in [6.07, 6.45) is 2.23. The lowest BCUT2D eigenvalue weighted by Crippen LogP contribution is -2.48. The van der Waals surface area contributed by atoms with E-state index < -0.39 is 0 Å². The normalized spacial score (nSPS) is 16.2. The summed E-state index contributed by atoms with van der Waals surface area (Å²) >= 11 is 12.6. The second-order valence-corrected chi connectivity index (χ2v) is 8.63. The third-order valence-electron chi connectivity index (χ3n) is 5.39. The highest BCUT2D eigenvalue weighted by Gasteiger charge is 2.31. The molecule has 3 heterocycles. The number of hydrogen-bond donors (Lipinski definition) is 0. The van der Waals surface area contributed by atoms with E-state index in [0.717, 1.165) is 60.5 Å². The molecule has 2 aromatic heterocycles. The molecule has 0 amide bonds. The summed E-state index contributed by atoms with van der Waals surface area (Å²) in [5, 5.41) is 11.1. The van der Waals surface area contributed by atoms with Crippen LogP contribution in [0.4, 0.5) is 5.69 Å². The van der Waals surface area contributed by atoms with Crippen LogP contribution in [0, 0.1) is 6.92 Å². The van der Waals surface area contributed by atoms with E-state index in [1.807, 2.05) is 19.1 Å². The van der Waals surface area contributed by atoms with Crippen molar-refractivity contribution in [3.8, 4) is 11.3 Å². The number of aryl methyl sites for hydroxylation is 1. The standard InChI is InChI=1S/C22H27Cl2N5/c1-5-9-27(10-6-2)28-13-15(4)29-22-19(28)11-14(3)25-21(22)20(26-29)17-8-7-16(23)12-18(17)24/h7-8,11-12,15H,5-6,9-10,13H2,1-4H3. The second kappa shape index (κ2) is 8.13. The van der Waals surface area contributed by atoms with Gasteiger partial charge in [-0.3, -0.25) is 4.68 Å². The minimum absolute atomic E-state index is 0.227. The zero-order chi connectivity index (χ0) is 20.7. The predicted molar refractivity (Wildman–Crippen MR) is 122 cm³/mol. The molecule has 1 aliphatic heterocycles. The van der Waals surface area contributed by atoms with Gasteiger partial charge < -0.3 is 5.01 Å². The largest absolute Gasteiger partial charge is 0.301 e. The Balaban J connectivity index is 1.94.